The van der Waals surface area contributed by atoms with Crippen molar-refractivity contribution in [3.8, 4) is 11.1 Å². The van der Waals surface area contributed by atoms with Crippen LogP contribution in [-0.4, -0.2) is 21.9 Å². The highest BCUT2D eigenvalue weighted by molar-refractivity contribution is 8.01. The number of nitrogens with zero attached hydrogens (tertiary/aromatic N) is 1. The van der Waals surface area contributed by atoms with E-state index in [2.05, 4.69) is 73.7 Å². The molecule has 5 nitrogen and oxygen atoms in total. The third-order valence-electron chi connectivity index (χ3n) is 7.45. The van der Waals surface area contributed by atoms with Gasteiger partial charge in [0.2, 0.25) is 0 Å². The van der Waals surface area contributed by atoms with E-state index >= 15 is 0 Å². The number of fused-ring (bicyclic) bond motifs is 1. The Morgan fingerprint density at radius 3 is 2.38 bits per heavy atom. The van der Waals surface area contributed by atoms with Crippen LogP contribution in [0.3, 0.4) is 0 Å². The third kappa shape index (κ3) is 5.86. The number of benzene rings is 4. The monoisotopic (exact) mass is 568 g/mol. The SMILES string of the molecule is CC1C(CSc2nc3ccccc3s2)OC(c2ccc(-c3cccc(CN)c3)cc2)OC1c1ccc(CO)cc1. The summed E-state index contributed by atoms with van der Waals surface area (Å²) in [5.41, 5.74) is 13.2. The Bertz CT molecular complexity index is 1540. The van der Waals surface area contributed by atoms with E-state index in [1.807, 2.05) is 30.3 Å². The van der Waals surface area contributed by atoms with Crippen LogP contribution in [0.5, 0.6) is 0 Å². The van der Waals surface area contributed by atoms with Crippen molar-refractivity contribution in [2.45, 2.75) is 42.9 Å². The fourth-order valence-electron chi connectivity index (χ4n) is 5.09. The fourth-order valence-corrected chi connectivity index (χ4v) is 7.34. The second-order valence-electron chi connectivity index (χ2n) is 10.1. The maximum Gasteiger partial charge on any atom is 0.184 e. The minimum atomic E-state index is -0.496. The van der Waals surface area contributed by atoms with Gasteiger partial charge < -0.3 is 20.3 Å². The van der Waals surface area contributed by atoms with E-state index in [1.54, 1.807) is 23.1 Å². The third-order valence-corrected chi connectivity index (χ3v) is 9.72. The molecule has 0 amide bonds. The summed E-state index contributed by atoms with van der Waals surface area (Å²) in [5.74, 6) is 0.895. The molecule has 3 N–H and O–H groups in total. The predicted molar refractivity (Wildman–Crippen MR) is 163 cm³/mol. The average Bonchev–Trinajstić information content (AvgIpc) is 3.44. The molecule has 1 aromatic heterocycles. The molecule has 0 saturated carbocycles. The summed E-state index contributed by atoms with van der Waals surface area (Å²) in [6.45, 7) is 2.73. The van der Waals surface area contributed by atoms with Crippen LogP contribution in [0.1, 0.15) is 41.6 Å². The number of para-hydroxylation sites is 1. The van der Waals surface area contributed by atoms with Crippen molar-refractivity contribution >= 4 is 33.3 Å². The molecular formula is C33H32N2O3S2. The van der Waals surface area contributed by atoms with E-state index in [1.165, 1.54) is 4.70 Å². The molecule has 40 heavy (non-hydrogen) atoms. The van der Waals surface area contributed by atoms with Gasteiger partial charge in [-0.1, -0.05) is 97.5 Å². The average molecular weight is 569 g/mol. The molecule has 1 saturated heterocycles. The molecule has 5 aromatic rings. The Balaban J connectivity index is 1.25. The van der Waals surface area contributed by atoms with Gasteiger partial charge in [0.25, 0.3) is 0 Å². The minimum absolute atomic E-state index is 0.0229. The van der Waals surface area contributed by atoms with Crippen LogP contribution in [0.25, 0.3) is 21.3 Å². The van der Waals surface area contributed by atoms with Crippen LogP contribution >= 0.6 is 23.1 Å². The summed E-state index contributed by atoms with van der Waals surface area (Å²) in [6, 6.07) is 33.0. The Morgan fingerprint density at radius 2 is 1.62 bits per heavy atom. The zero-order valence-corrected chi connectivity index (χ0v) is 23.9. The number of ether oxygens (including phenoxy) is 2. The molecular weight excluding hydrogens is 537 g/mol. The molecule has 2 heterocycles. The van der Waals surface area contributed by atoms with Crippen molar-refractivity contribution in [1.82, 2.24) is 4.98 Å². The summed E-state index contributed by atoms with van der Waals surface area (Å²) in [4.78, 5) is 4.81. The van der Waals surface area contributed by atoms with E-state index in [0.29, 0.717) is 6.54 Å². The number of hydrogen-bond acceptors (Lipinski definition) is 7. The first-order valence-electron chi connectivity index (χ1n) is 13.5. The Kier molecular flexibility index (Phi) is 8.30. The molecule has 1 aliphatic heterocycles. The van der Waals surface area contributed by atoms with Gasteiger partial charge >= 0.3 is 0 Å². The highest BCUT2D eigenvalue weighted by Gasteiger charge is 2.38. The number of thioether (sulfide) groups is 1. The van der Waals surface area contributed by atoms with Gasteiger partial charge in [-0.15, -0.1) is 11.3 Å². The highest BCUT2D eigenvalue weighted by Crippen LogP contribution is 2.43. The molecule has 204 valence electrons. The Labute approximate surface area is 243 Å². The molecule has 4 aromatic carbocycles. The number of hydrogen-bond donors (Lipinski definition) is 2. The number of aliphatic hydroxyl groups excluding tert-OH is 1. The van der Waals surface area contributed by atoms with Crippen molar-refractivity contribution in [3.05, 3.63) is 119 Å². The van der Waals surface area contributed by atoms with Gasteiger partial charge in [-0.3, -0.25) is 0 Å². The van der Waals surface area contributed by atoms with E-state index in [0.717, 1.165) is 49.0 Å². The smallest absolute Gasteiger partial charge is 0.184 e. The van der Waals surface area contributed by atoms with Gasteiger partial charge in [0.1, 0.15) is 0 Å². The molecule has 4 unspecified atom stereocenters. The number of thiazole rings is 1. The fraction of sp³-hybridized carbons (Fsp3) is 0.242. The summed E-state index contributed by atoms with van der Waals surface area (Å²) in [6.07, 6.45) is -0.684. The van der Waals surface area contributed by atoms with E-state index < -0.39 is 6.29 Å². The van der Waals surface area contributed by atoms with Crippen molar-refractivity contribution in [2.75, 3.05) is 5.75 Å². The highest BCUT2D eigenvalue weighted by atomic mass is 32.2. The molecule has 7 heteroatoms. The first-order chi connectivity index (χ1) is 19.6. The summed E-state index contributed by atoms with van der Waals surface area (Å²) in [7, 11) is 0. The van der Waals surface area contributed by atoms with Gasteiger partial charge in [-0.05, 0) is 46.0 Å². The van der Waals surface area contributed by atoms with Crippen molar-refractivity contribution in [1.29, 1.82) is 0 Å². The van der Waals surface area contributed by atoms with Gasteiger partial charge in [0.05, 0.1) is 29.0 Å². The van der Waals surface area contributed by atoms with Crippen LogP contribution in [0.2, 0.25) is 0 Å². The summed E-state index contributed by atoms with van der Waals surface area (Å²) >= 11 is 3.46. The van der Waals surface area contributed by atoms with Crippen molar-refractivity contribution in [3.63, 3.8) is 0 Å². The number of nitrogens with two attached hydrogens (primary N) is 1. The van der Waals surface area contributed by atoms with Crippen LogP contribution in [0.15, 0.2) is 101 Å². The second-order valence-corrected chi connectivity index (χ2v) is 12.4. The minimum Gasteiger partial charge on any atom is -0.392 e. The molecule has 0 aliphatic carbocycles. The predicted octanol–water partition coefficient (Wildman–Crippen LogP) is 7.50. The molecule has 0 radical (unpaired) electrons. The molecule has 0 bridgehead atoms. The van der Waals surface area contributed by atoms with E-state index in [-0.39, 0.29) is 24.7 Å². The van der Waals surface area contributed by atoms with Crippen LogP contribution in [0.4, 0.5) is 0 Å². The standard InChI is InChI=1S/C33H32N2O3S2/c1-21-29(20-39-33-35-28-7-2-3-8-30(28)40-33)37-32(38-31(21)25-11-9-22(19-36)10-12-25)26-15-13-24(14-16-26)27-6-4-5-23(17-27)18-34/h2-17,21,29,31-32,36H,18-20,34H2,1H3. The lowest BCUT2D eigenvalue weighted by Crippen LogP contribution is -2.38. The molecule has 1 aliphatic rings. The zero-order chi connectivity index (χ0) is 27.5. The molecule has 6 rings (SSSR count). The van der Waals surface area contributed by atoms with Crippen LogP contribution in [-0.2, 0) is 22.6 Å². The first kappa shape index (κ1) is 27.1. The van der Waals surface area contributed by atoms with E-state index in [9.17, 15) is 5.11 Å². The Hall–Kier alpha value is -3.04. The first-order valence-corrected chi connectivity index (χ1v) is 15.3. The lowest BCUT2D eigenvalue weighted by atomic mass is 9.91. The second kappa shape index (κ2) is 12.2. The lowest BCUT2D eigenvalue weighted by molar-refractivity contribution is -0.268. The molecule has 4 atom stereocenters. The topological polar surface area (TPSA) is 77.6 Å². The normalized spacial score (nSPS) is 21.1. The number of aromatic nitrogens is 1. The summed E-state index contributed by atoms with van der Waals surface area (Å²) in [5, 5.41) is 9.52. The van der Waals surface area contributed by atoms with Gasteiger partial charge in [-0.2, -0.15) is 0 Å². The van der Waals surface area contributed by atoms with Crippen molar-refractivity contribution in [2.24, 2.45) is 11.7 Å². The maximum atomic E-state index is 9.52. The van der Waals surface area contributed by atoms with Gasteiger partial charge in [-0.25, -0.2) is 4.98 Å². The maximum absolute atomic E-state index is 9.52. The van der Waals surface area contributed by atoms with Crippen molar-refractivity contribution < 1.29 is 14.6 Å². The zero-order valence-electron chi connectivity index (χ0n) is 22.3. The Morgan fingerprint density at radius 1 is 0.850 bits per heavy atom. The van der Waals surface area contributed by atoms with Crippen LogP contribution < -0.4 is 5.73 Å². The number of rotatable bonds is 8. The number of aliphatic hydroxyl groups is 1. The van der Waals surface area contributed by atoms with E-state index in [4.69, 9.17) is 20.2 Å². The summed E-state index contributed by atoms with van der Waals surface area (Å²) < 4.78 is 15.5. The largest absolute Gasteiger partial charge is 0.392 e. The van der Waals surface area contributed by atoms with Crippen LogP contribution in [0, 0.1) is 5.92 Å². The van der Waals surface area contributed by atoms with Gasteiger partial charge in [0.15, 0.2) is 10.6 Å². The molecule has 0 spiro atoms. The quantitative estimate of drug-likeness (QED) is 0.189. The lowest BCUT2D eigenvalue weighted by Gasteiger charge is -2.41. The molecule has 1 fully saturated rings. The van der Waals surface area contributed by atoms with Gasteiger partial charge in [0, 0.05) is 23.8 Å².